The molecule has 0 aliphatic rings. The number of aromatic nitrogens is 2. The largest absolute Gasteiger partial charge is 0.477 e. The van der Waals surface area contributed by atoms with E-state index >= 15 is 0 Å². The molecule has 0 saturated heterocycles. The second kappa shape index (κ2) is 11.1. The van der Waals surface area contributed by atoms with E-state index in [1.54, 1.807) is 36.5 Å². The summed E-state index contributed by atoms with van der Waals surface area (Å²) >= 11 is 12.4. The number of benzene rings is 2. The molecule has 4 aromatic rings. The summed E-state index contributed by atoms with van der Waals surface area (Å²) in [5.41, 5.74) is 2.62. The third kappa shape index (κ3) is 5.76. The minimum atomic E-state index is -1.07. The number of anilines is 3. The Bertz CT molecular complexity index is 1410. The van der Waals surface area contributed by atoms with Crippen LogP contribution in [0.3, 0.4) is 0 Å². The van der Waals surface area contributed by atoms with E-state index in [1.165, 1.54) is 12.1 Å². The van der Waals surface area contributed by atoms with Crippen LogP contribution in [0, 0.1) is 10.1 Å². The number of carboxylic acid groups (broad SMARTS) is 1. The van der Waals surface area contributed by atoms with Crippen LogP contribution in [0.15, 0.2) is 66.9 Å². The molecule has 0 spiro atoms. The Hall–Kier alpha value is -4.08. The van der Waals surface area contributed by atoms with Gasteiger partial charge in [0.25, 0.3) is 0 Å². The Morgan fingerprint density at radius 1 is 1.08 bits per heavy atom. The quantitative estimate of drug-likeness (QED) is 0.102. The van der Waals surface area contributed by atoms with Crippen LogP contribution in [-0.4, -0.2) is 32.5 Å². The number of carboxylic acids is 1. The molecule has 2 aromatic carbocycles. The lowest BCUT2D eigenvalue weighted by Gasteiger charge is -2.11. The maximum Gasteiger partial charge on any atom is 0.352 e. The Kier molecular flexibility index (Phi) is 7.72. The van der Waals surface area contributed by atoms with E-state index in [0.29, 0.717) is 57.6 Å². The molecule has 4 rings (SSSR count). The van der Waals surface area contributed by atoms with Crippen molar-refractivity contribution >= 4 is 52.2 Å². The van der Waals surface area contributed by atoms with Crippen LogP contribution < -0.4 is 10.6 Å². The molecule has 0 aliphatic heterocycles. The summed E-state index contributed by atoms with van der Waals surface area (Å²) < 4.78 is 0. The number of pyridine rings is 1. The van der Waals surface area contributed by atoms with Gasteiger partial charge in [-0.15, -0.1) is 0 Å². The fourth-order valence-electron chi connectivity index (χ4n) is 3.78. The maximum absolute atomic E-state index is 11.8. The van der Waals surface area contributed by atoms with E-state index in [0.717, 1.165) is 0 Å². The average Bonchev–Trinajstić information content (AvgIpc) is 3.26. The number of H-pyrrole nitrogens is 1. The number of para-hydroxylation sites is 1. The monoisotopic (exact) mass is 525 g/mol. The predicted octanol–water partition coefficient (Wildman–Crippen LogP) is 6.78. The molecule has 0 saturated carbocycles. The summed E-state index contributed by atoms with van der Waals surface area (Å²) in [7, 11) is 0. The second-order valence-corrected chi connectivity index (χ2v) is 8.67. The minimum Gasteiger partial charge on any atom is -0.477 e. The topological polar surface area (TPSA) is 133 Å². The predicted molar refractivity (Wildman–Crippen MR) is 141 cm³/mol. The smallest absolute Gasteiger partial charge is 0.352 e. The molecule has 0 amide bonds. The standard InChI is InChI=1S/C25H21Cl2N5O4/c26-15-8-9-17(20(27)13-15)19-14-29-23(25(33)34)18(19)7-4-12-28-22-11-10-21(32(35)36)24(31-22)30-16-5-2-1-3-6-16/h1-3,5-6,8-11,13-14,29H,4,7,12H2,(H,33,34)(H2,28,30,31). The SMILES string of the molecule is O=C(O)c1[nH]cc(-c2ccc(Cl)cc2Cl)c1CCCNc1ccc([N+](=O)[O-])c(Nc2ccccc2)n1. The van der Waals surface area contributed by atoms with Gasteiger partial charge in [0.15, 0.2) is 0 Å². The normalized spacial score (nSPS) is 10.7. The number of aromatic amines is 1. The van der Waals surface area contributed by atoms with Gasteiger partial charge in [-0.1, -0.05) is 47.5 Å². The first-order chi connectivity index (χ1) is 17.3. The zero-order chi connectivity index (χ0) is 25.7. The van der Waals surface area contributed by atoms with Gasteiger partial charge in [-0.2, -0.15) is 0 Å². The van der Waals surface area contributed by atoms with Gasteiger partial charge in [-0.05, 0) is 48.7 Å². The van der Waals surface area contributed by atoms with Crippen molar-refractivity contribution in [3.8, 4) is 11.1 Å². The van der Waals surface area contributed by atoms with Crippen LogP contribution in [-0.2, 0) is 6.42 Å². The highest BCUT2D eigenvalue weighted by Crippen LogP contribution is 2.34. The van der Waals surface area contributed by atoms with Gasteiger partial charge >= 0.3 is 11.7 Å². The summed E-state index contributed by atoms with van der Waals surface area (Å²) in [6, 6.07) is 17.0. The Labute approximate surface area is 216 Å². The first-order valence-corrected chi connectivity index (χ1v) is 11.7. The highest BCUT2D eigenvalue weighted by atomic mass is 35.5. The van der Waals surface area contributed by atoms with E-state index in [4.69, 9.17) is 23.2 Å². The van der Waals surface area contributed by atoms with Crippen molar-refractivity contribution in [2.24, 2.45) is 0 Å². The third-order valence-electron chi connectivity index (χ3n) is 5.44. The first-order valence-electron chi connectivity index (χ1n) is 10.9. The van der Waals surface area contributed by atoms with Gasteiger partial charge in [0.2, 0.25) is 5.82 Å². The summed E-state index contributed by atoms with van der Waals surface area (Å²) in [4.78, 5) is 29.9. The molecule has 0 atom stereocenters. The van der Waals surface area contributed by atoms with E-state index in [2.05, 4.69) is 20.6 Å². The van der Waals surface area contributed by atoms with Crippen molar-refractivity contribution in [3.63, 3.8) is 0 Å². The summed E-state index contributed by atoms with van der Waals surface area (Å²) in [6.07, 6.45) is 2.63. The summed E-state index contributed by atoms with van der Waals surface area (Å²) in [6.45, 7) is 0.452. The van der Waals surface area contributed by atoms with Gasteiger partial charge < -0.3 is 20.7 Å². The third-order valence-corrected chi connectivity index (χ3v) is 5.99. The second-order valence-electron chi connectivity index (χ2n) is 7.83. The van der Waals surface area contributed by atoms with Crippen molar-refractivity contribution in [3.05, 3.63) is 98.3 Å². The number of nitrogens with zero attached hydrogens (tertiary/aromatic N) is 2. The fourth-order valence-corrected chi connectivity index (χ4v) is 4.29. The number of aromatic carboxylic acids is 1. The van der Waals surface area contributed by atoms with Crippen LogP contribution in [0.4, 0.5) is 23.0 Å². The molecule has 4 N–H and O–H groups in total. The molecular weight excluding hydrogens is 505 g/mol. The number of nitrogens with one attached hydrogen (secondary N) is 3. The van der Waals surface area contributed by atoms with Crippen LogP contribution in [0.25, 0.3) is 11.1 Å². The van der Waals surface area contributed by atoms with Crippen molar-refractivity contribution in [1.29, 1.82) is 0 Å². The molecule has 0 aliphatic carbocycles. The van der Waals surface area contributed by atoms with Crippen LogP contribution in [0.1, 0.15) is 22.5 Å². The van der Waals surface area contributed by atoms with Crippen LogP contribution in [0.2, 0.25) is 10.0 Å². The van der Waals surface area contributed by atoms with Gasteiger partial charge in [-0.3, -0.25) is 10.1 Å². The number of rotatable bonds is 10. The molecule has 0 fully saturated rings. The Morgan fingerprint density at radius 3 is 2.56 bits per heavy atom. The molecule has 184 valence electrons. The van der Waals surface area contributed by atoms with E-state index in [9.17, 15) is 20.0 Å². The van der Waals surface area contributed by atoms with Crippen LogP contribution in [0.5, 0.6) is 0 Å². The first kappa shape index (κ1) is 25.0. The fraction of sp³-hybridized carbons (Fsp3) is 0.120. The molecule has 2 aromatic heterocycles. The number of halogens is 2. The lowest BCUT2D eigenvalue weighted by Crippen LogP contribution is -2.08. The number of hydrogen-bond acceptors (Lipinski definition) is 6. The molecule has 0 unspecified atom stereocenters. The molecule has 2 heterocycles. The molecule has 0 bridgehead atoms. The van der Waals surface area contributed by atoms with E-state index in [-0.39, 0.29) is 17.2 Å². The van der Waals surface area contributed by atoms with Gasteiger partial charge in [0.1, 0.15) is 11.5 Å². The van der Waals surface area contributed by atoms with E-state index in [1.807, 2.05) is 18.2 Å². The van der Waals surface area contributed by atoms with Gasteiger partial charge in [0.05, 0.1) is 4.92 Å². The van der Waals surface area contributed by atoms with Gasteiger partial charge in [-0.25, -0.2) is 9.78 Å². The maximum atomic E-state index is 11.8. The summed E-state index contributed by atoms with van der Waals surface area (Å²) in [5.74, 6) is -0.495. The van der Waals surface area contributed by atoms with Crippen molar-refractivity contribution in [2.45, 2.75) is 12.8 Å². The van der Waals surface area contributed by atoms with Crippen molar-refractivity contribution < 1.29 is 14.8 Å². The molecular formula is C25H21Cl2N5O4. The minimum absolute atomic E-state index is 0.0961. The van der Waals surface area contributed by atoms with Crippen LogP contribution >= 0.6 is 23.2 Å². The Morgan fingerprint density at radius 2 is 1.86 bits per heavy atom. The van der Waals surface area contributed by atoms with Crippen molar-refractivity contribution in [1.82, 2.24) is 9.97 Å². The molecule has 36 heavy (non-hydrogen) atoms. The molecule has 11 heteroatoms. The number of carbonyl (C=O) groups is 1. The van der Waals surface area contributed by atoms with Crippen molar-refractivity contribution in [2.75, 3.05) is 17.2 Å². The zero-order valence-electron chi connectivity index (χ0n) is 18.8. The Balaban J connectivity index is 1.48. The highest BCUT2D eigenvalue weighted by Gasteiger charge is 2.20. The average molecular weight is 526 g/mol. The summed E-state index contributed by atoms with van der Waals surface area (Å²) in [5, 5.41) is 28.1. The molecule has 0 radical (unpaired) electrons. The number of hydrogen-bond donors (Lipinski definition) is 4. The van der Waals surface area contributed by atoms with Gasteiger partial charge in [0, 0.05) is 45.7 Å². The number of nitro groups is 1. The zero-order valence-corrected chi connectivity index (χ0v) is 20.3. The lowest BCUT2D eigenvalue weighted by atomic mass is 9.99. The highest BCUT2D eigenvalue weighted by molar-refractivity contribution is 6.36. The van der Waals surface area contributed by atoms with E-state index < -0.39 is 10.9 Å². The molecule has 9 nitrogen and oxygen atoms in total. The lowest BCUT2D eigenvalue weighted by molar-refractivity contribution is -0.384.